The Kier molecular flexibility index (Phi) is 4.25. The van der Waals surface area contributed by atoms with Crippen molar-refractivity contribution in [1.82, 2.24) is 0 Å². The van der Waals surface area contributed by atoms with Gasteiger partial charge in [-0.05, 0) is 5.56 Å². The second-order valence-electron chi connectivity index (χ2n) is 1.61. The van der Waals surface area contributed by atoms with Crippen molar-refractivity contribution in [3.63, 3.8) is 0 Å². The quantitative estimate of drug-likeness (QED) is 0.566. The zero-order valence-corrected chi connectivity index (χ0v) is 8.35. The summed E-state index contributed by atoms with van der Waals surface area (Å²) in [6.45, 7) is 3.63. The first-order valence-electron chi connectivity index (χ1n) is 2.61. The van der Waals surface area contributed by atoms with E-state index in [4.69, 9.17) is 0 Å². The van der Waals surface area contributed by atoms with E-state index in [2.05, 4.69) is 6.58 Å². The fraction of sp³-hybridized carbons (Fsp3) is 0. The maximum Gasteiger partial charge on any atom is 2.00 e. The average Bonchev–Trinajstić information content (AvgIpc) is 1.90. The third-order valence-corrected chi connectivity index (χ3v) is 1.04. The molecule has 0 heterocycles. The number of benzene rings is 1. The summed E-state index contributed by atoms with van der Waals surface area (Å²) in [5.74, 6) is 0. The number of hydrogen-bond donors (Lipinski definition) is 0. The summed E-state index contributed by atoms with van der Waals surface area (Å²) in [4.78, 5) is 0. The molecule has 1 heteroatoms. The molecule has 0 aliphatic carbocycles. The molecule has 0 bridgehead atoms. The summed E-state index contributed by atoms with van der Waals surface area (Å²) in [7, 11) is 0. The largest absolute Gasteiger partial charge is 2.00 e. The van der Waals surface area contributed by atoms with E-state index in [1.807, 2.05) is 36.4 Å². The van der Waals surface area contributed by atoms with Crippen molar-refractivity contribution in [2.45, 2.75) is 0 Å². The monoisotopic (exact) mass is 168 g/mol. The Morgan fingerprint density at radius 1 is 1.11 bits per heavy atom. The van der Waals surface area contributed by atoms with Gasteiger partial charge in [0.15, 0.2) is 0 Å². The van der Waals surface area contributed by atoms with Crippen LogP contribution >= 0.6 is 0 Å². The fourth-order valence-electron chi connectivity index (χ4n) is 0.589. The minimum atomic E-state index is 0. The summed E-state index contributed by atoms with van der Waals surface area (Å²) in [6, 6.07) is 10.0. The van der Waals surface area contributed by atoms with E-state index in [0.29, 0.717) is 0 Å². The van der Waals surface area contributed by atoms with Crippen LogP contribution in [-0.4, -0.2) is 0 Å². The molecule has 0 fully saturated rings. The Hall–Kier alpha value is -0.417. The molecule has 9 heavy (non-hydrogen) atoms. The van der Waals surface area contributed by atoms with Crippen LogP contribution in [0.2, 0.25) is 0 Å². The Bertz CT molecular complexity index is 167. The molecule has 0 saturated carbocycles. The van der Waals surface area contributed by atoms with Gasteiger partial charge in [-0.3, -0.25) is 0 Å². The number of rotatable bonds is 1. The Labute approximate surface area is 68.4 Å². The second kappa shape index (κ2) is 4.46. The van der Waals surface area contributed by atoms with Gasteiger partial charge in [0, 0.05) is 0 Å². The molecule has 0 unspecified atom stereocenters. The molecule has 0 N–H and O–H groups in total. The molecular weight excluding hydrogens is 161 g/mol. The van der Waals surface area contributed by atoms with E-state index in [1.165, 1.54) is 5.56 Å². The van der Waals surface area contributed by atoms with E-state index >= 15 is 0 Å². The summed E-state index contributed by atoms with van der Waals surface area (Å²) >= 11 is 0. The van der Waals surface area contributed by atoms with Crippen molar-refractivity contribution in [1.29, 1.82) is 0 Å². The zero-order valence-electron chi connectivity index (χ0n) is 5.38. The minimum Gasteiger partial charge on any atom is -0.0985 e. The molecule has 0 amide bonds. The molecule has 1 aromatic carbocycles. The minimum absolute atomic E-state index is 0. The standard InChI is InChI=1S/C8H8.Zn/c1-2-8-6-4-3-5-7-8;/h2-7H,1H2;/q;+2. The van der Waals surface area contributed by atoms with Crippen LogP contribution in [0.5, 0.6) is 0 Å². The van der Waals surface area contributed by atoms with E-state index in [1.54, 1.807) is 0 Å². The van der Waals surface area contributed by atoms with Gasteiger partial charge in [-0.1, -0.05) is 43.0 Å². The topological polar surface area (TPSA) is 0 Å². The van der Waals surface area contributed by atoms with Crippen molar-refractivity contribution < 1.29 is 19.5 Å². The van der Waals surface area contributed by atoms with Gasteiger partial charge in [-0.15, -0.1) is 0 Å². The van der Waals surface area contributed by atoms with Crippen molar-refractivity contribution in [3.05, 3.63) is 42.5 Å². The van der Waals surface area contributed by atoms with Crippen LogP contribution in [0.25, 0.3) is 6.08 Å². The molecule has 0 atom stereocenters. The van der Waals surface area contributed by atoms with Crippen LogP contribution in [-0.2, 0) is 19.5 Å². The molecular formula is C8H8Zn+2. The smallest absolute Gasteiger partial charge is 0.0985 e. The van der Waals surface area contributed by atoms with Gasteiger partial charge >= 0.3 is 19.5 Å². The maximum atomic E-state index is 3.63. The van der Waals surface area contributed by atoms with Crippen molar-refractivity contribution >= 4 is 6.08 Å². The van der Waals surface area contributed by atoms with Gasteiger partial charge in [0.25, 0.3) is 0 Å². The zero-order chi connectivity index (χ0) is 5.82. The Morgan fingerprint density at radius 3 is 2.00 bits per heavy atom. The van der Waals surface area contributed by atoms with Gasteiger partial charge < -0.3 is 0 Å². The summed E-state index contributed by atoms with van der Waals surface area (Å²) in [5, 5.41) is 0. The van der Waals surface area contributed by atoms with Gasteiger partial charge in [-0.2, -0.15) is 0 Å². The molecule has 0 spiro atoms. The van der Waals surface area contributed by atoms with Crippen LogP contribution in [0.4, 0.5) is 0 Å². The molecule has 0 saturated heterocycles. The van der Waals surface area contributed by atoms with Crippen molar-refractivity contribution in [3.8, 4) is 0 Å². The van der Waals surface area contributed by atoms with Crippen LogP contribution in [0.15, 0.2) is 36.9 Å². The summed E-state index contributed by atoms with van der Waals surface area (Å²) in [6.07, 6.45) is 1.83. The third-order valence-electron chi connectivity index (χ3n) is 1.04. The average molecular weight is 170 g/mol. The predicted molar refractivity (Wildman–Crippen MR) is 36.5 cm³/mol. The molecule has 1 rings (SSSR count). The van der Waals surface area contributed by atoms with E-state index in [9.17, 15) is 0 Å². The van der Waals surface area contributed by atoms with Gasteiger partial charge in [0.05, 0.1) is 0 Å². The van der Waals surface area contributed by atoms with Crippen LogP contribution in [0, 0.1) is 0 Å². The first-order chi connectivity index (χ1) is 3.93. The second-order valence-corrected chi connectivity index (χ2v) is 1.61. The SMILES string of the molecule is C=Cc1ccccc1.[Zn+2]. The molecule has 0 aliphatic heterocycles. The summed E-state index contributed by atoms with van der Waals surface area (Å²) in [5.41, 5.74) is 1.17. The van der Waals surface area contributed by atoms with Crippen LogP contribution in [0.3, 0.4) is 0 Å². The molecule has 0 nitrogen and oxygen atoms in total. The Balaban J connectivity index is 0.000000640. The molecule has 0 aromatic heterocycles. The number of hydrogen-bond acceptors (Lipinski definition) is 0. The fourth-order valence-corrected chi connectivity index (χ4v) is 0.589. The Morgan fingerprint density at radius 2 is 1.67 bits per heavy atom. The first-order valence-corrected chi connectivity index (χ1v) is 2.61. The van der Waals surface area contributed by atoms with Crippen LogP contribution < -0.4 is 0 Å². The third kappa shape index (κ3) is 2.57. The van der Waals surface area contributed by atoms with Crippen LogP contribution in [0.1, 0.15) is 5.56 Å². The van der Waals surface area contributed by atoms with Crippen molar-refractivity contribution in [2.75, 3.05) is 0 Å². The first kappa shape index (κ1) is 8.58. The normalized spacial score (nSPS) is 7.56. The molecule has 0 radical (unpaired) electrons. The van der Waals surface area contributed by atoms with Gasteiger partial charge in [-0.25, -0.2) is 0 Å². The summed E-state index contributed by atoms with van der Waals surface area (Å²) < 4.78 is 0. The molecule has 40 valence electrons. The van der Waals surface area contributed by atoms with Gasteiger partial charge in [0.1, 0.15) is 0 Å². The van der Waals surface area contributed by atoms with Gasteiger partial charge in [0.2, 0.25) is 0 Å². The molecule has 0 aliphatic rings. The van der Waals surface area contributed by atoms with E-state index in [0.717, 1.165) is 0 Å². The van der Waals surface area contributed by atoms with E-state index in [-0.39, 0.29) is 19.5 Å². The predicted octanol–water partition coefficient (Wildman–Crippen LogP) is 2.33. The van der Waals surface area contributed by atoms with Crippen molar-refractivity contribution in [2.24, 2.45) is 0 Å². The molecule has 1 aromatic rings. The van der Waals surface area contributed by atoms with E-state index < -0.39 is 0 Å². The maximum absolute atomic E-state index is 3.63.